The van der Waals surface area contributed by atoms with Gasteiger partial charge in [0.05, 0.1) is 18.2 Å². The van der Waals surface area contributed by atoms with Gasteiger partial charge in [0.2, 0.25) is 0 Å². The number of hydrogen-bond donors (Lipinski definition) is 1. The molecule has 2 aromatic carbocycles. The minimum atomic E-state index is -0.495. The highest BCUT2D eigenvalue weighted by atomic mass is 19.1. The molecule has 0 saturated heterocycles. The van der Waals surface area contributed by atoms with E-state index in [4.69, 9.17) is 10.00 Å². The Morgan fingerprint density at radius 3 is 2.95 bits per heavy atom. The second-order valence-corrected chi connectivity index (χ2v) is 4.68. The van der Waals surface area contributed by atoms with Crippen LogP contribution in [0.15, 0.2) is 42.5 Å². The number of fused-ring (bicyclic) bond motifs is 1. The van der Waals surface area contributed by atoms with Crippen LogP contribution in [0.3, 0.4) is 0 Å². The fourth-order valence-corrected chi connectivity index (χ4v) is 2.39. The smallest absolute Gasteiger partial charge is 0.141 e. The van der Waals surface area contributed by atoms with Crippen molar-refractivity contribution < 1.29 is 9.13 Å². The number of anilines is 1. The molecule has 0 aliphatic carbocycles. The first-order chi connectivity index (χ1) is 9.78. The highest BCUT2D eigenvalue weighted by Gasteiger charge is 2.20. The van der Waals surface area contributed by atoms with E-state index in [1.165, 1.54) is 12.1 Å². The number of halogens is 1. The topological polar surface area (TPSA) is 45.0 Å². The fraction of sp³-hybridized carbons (Fsp3) is 0.188. The Labute approximate surface area is 116 Å². The van der Waals surface area contributed by atoms with Gasteiger partial charge in [0.1, 0.15) is 17.6 Å². The monoisotopic (exact) mass is 268 g/mol. The Hall–Kier alpha value is -2.54. The first-order valence-corrected chi connectivity index (χ1v) is 6.46. The number of ether oxygens (including phenoxy) is 1. The predicted molar refractivity (Wildman–Crippen MR) is 74.0 cm³/mol. The van der Waals surface area contributed by atoms with Crippen molar-refractivity contribution in [3.05, 3.63) is 59.4 Å². The highest BCUT2D eigenvalue weighted by molar-refractivity contribution is 5.52. The summed E-state index contributed by atoms with van der Waals surface area (Å²) in [5.74, 6) is 0.379. The van der Waals surface area contributed by atoms with Crippen LogP contribution >= 0.6 is 0 Å². The second-order valence-electron chi connectivity index (χ2n) is 4.68. The lowest BCUT2D eigenvalue weighted by Gasteiger charge is -2.27. The van der Waals surface area contributed by atoms with Crippen LogP contribution in [0.1, 0.15) is 23.6 Å². The molecule has 1 heterocycles. The van der Waals surface area contributed by atoms with E-state index in [0.717, 1.165) is 23.4 Å². The van der Waals surface area contributed by atoms with Gasteiger partial charge in [-0.25, -0.2) is 4.39 Å². The van der Waals surface area contributed by atoms with Gasteiger partial charge in [0.25, 0.3) is 0 Å². The molecule has 3 nitrogen and oxygen atoms in total. The standard InChI is InChI=1S/C16H13FN2O/c17-14-6-5-12(9-11(14)10-18)19-15-7-8-20-16-4-2-1-3-13(15)16/h1-6,9,15,19H,7-8H2. The Morgan fingerprint density at radius 1 is 1.25 bits per heavy atom. The normalized spacial score (nSPS) is 16.7. The summed E-state index contributed by atoms with van der Waals surface area (Å²) in [4.78, 5) is 0. The fourth-order valence-electron chi connectivity index (χ4n) is 2.39. The van der Waals surface area contributed by atoms with E-state index < -0.39 is 5.82 Å². The van der Waals surface area contributed by atoms with Crippen molar-refractivity contribution in [3.8, 4) is 11.8 Å². The number of nitriles is 1. The predicted octanol–water partition coefficient (Wildman–Crippen LogP) is 3.63. The maximum Gasteiger partial charge on any atom is 0.141 e. The molecule has 3 rings (SSSR count). The van der Waals surface area contributed by atoms with Crippen LogP contribution in [0.2, 0.25) is 0 Å². The average Bonchev–Trinajstić information content (AvgIpc) is 2.49. The summed E-state index contributed by atoms with van der Waals surface area (Å²) in [5, 5.41) is 12.2. The van der Waals surface area contributed by atoms with Crippen molar-refractivity contribution in [2.75, 3.05) is 11.9 Å². The summed E-state index contributed by atoms with van der Waals surface area (Å²) in [5.41, 5.74) is 1.88. The van der Waals surface area contributed by atoms with E-state index in [9.17, 15) is 4.39 Å². The lowest BCUT2D eigenvalue weighted by molar-refractivity contribution is 0.274. The lowest BCUT2D eigenvalue weighted by atomic mass is 10.00. The van der Waals surface area contributed by atoms with Gasteiger partial charge in [0.15, 0.2) is 0 Å². The Bertz CT molecular complexity index is 678. The van der Waals surface area contributed by atoms with E-state index in [0.29, 0.717) is 6.61 Å². The van der Waals surface area contributed by atoms with E-state index in [1.54, 1.807) is 6.07 Å². The van der Waals surface area contributed by atoms with Crippen LogP contribution in [0.4, 0.5) is 10.1 Å². The molecular weight excluding hydrogens is 255 g/mol. The van der Waals surface area contributed by atoms with Gasteiger partial charge in [-0.15, -0.1) is 0 Å². The quantitative estimate of drug-likeness (QED) is 0.904. The molecule has 0 bridgehead atoms. The number of nitrogens with zero attached hydrogens (tertiary/aromatic N) is 1. The van der Waals surface area contributed by atoms with Crippen molar-refractivity contribution in [2.45, 2.75) is 12.5 Å². The molecule has 0 saturated carbocycles. The van der Waals surface area contributed by atoms with E-state index in [-0.39, 0.29) is 11.6 Å². The summed E-state index contributed by atoms with van der Waals surface area (Å²) in [6, 6.07) is 14.3. The van der Waals surface area contributed by atoms with Crippen LogP contribution in [0.25, 0.3) is 0 Å². The highest BCUT2D eigenvalue weighted by Crippen LogP contribution is 2.34. The summed E-state index contributed by atoms with van der Waals surface area (Å²) < 4.78 is 18.9. The Morgan fingerprint density at radius 2 is 2.10 bits per heavy atom. The molecule has 1 N–H and O–H groups in total. The molecule has 100 valence electrons. The summed E-state index contributed by atoms with van der Waals surface area (Å²) >= 11 is 0. The number of para-hydroxylation sites is 1. The van der Waals surface area contributed by atoms with Crippen LogP contribution in [0.5, 0.6) is 5.75 Å². The van der Waals surface area contributed by atoms with Crippen LogP contribution in [-0.4, -0.2) is 6.61 Å². The van der Waals surface area contributed by atoms with Crippen LogP contribution < -0.4 is 10.1 Å². The number of benzene rings is 2. The zero-order valence-corrected chi connectivity index (χ0v) is 10.8. The summed E-state index contributed by atoms with van der Waals surface area (Å²) in [7, 11) is 0. The molecular formula is C16H13FN2O. The molecule has 1 aliphatic rings. The molecule has 0 radical (unpaired) electrons. The van der Waals surface area contributed by atoms with Crippen molar-refractivity contribution in [1.82, 2.24) is 0 Å². The summed E-state index contributed by atoms with van der Waals surface area (Å²) in [6.07, 6.45) is 0.830. The Kier molecular flexibility index (Phi) is 3.26. The number of rotatable bonds is 2. The lowest BCUT2D eigenvalue weighted by Crippen LogP contribution is -2.20. The number of nitrogens with one attached hydrogen (secondary N) is 1. The minimum Gasteiger partial charge on any atom is -0.493 e. The molecule has 0 spiro atoms. The van der Waals surface area contributed by atoms with Crippen LogP contribution in [0, 0.1) is 17.1 Å². The second kappa shape index (κ2) is 5.22. The van der Waals surface area contributed by atoms with Gasteiger partial charge in [-0.3, -0.25) is 0 Å². The van der Waals surface area contributed by atoms with E-state index >= 15 is 0 Å². The van der Waals surface area contributed by atoms with Gasteiger partial charge >= 0.3 is 0 Å². The third-order valence-electron chi connectivity index (χ3n) is 3.39. The zero-order chi connectivity index (χ0) is 13.9. The largest absolute Gasteiger partial charge is 0.493 e. The van der Waals surface area contributed by atoms with Crippen molar-refractivity contribution in [3.63, 3.8) is 0 Å². The third-order valence-corrected chi connectivity index (χ3v) is 3.39. The molecule has 20 heavy (non-hydrogen) atoms. The Balaban J connectivity index is 1.88. The van der Waals surface area contributed by atoms with Gasteiger partial charge < -0.3 is 10.1 Å². The molecule has 2 aromatic rings. The zero-order valence-electron chi connectivity index (χ0n) is 10.8. The molecule has 0 fully saturated rings. The first kappa shape index (κ1) is 12.5. The molecule has 0 amide bonds. The van der Waals surface area contributed by atoms with Gasteiger partial charge in [0, 0.05) is 17.7 Å². The summed E-state index contributed by atoms with van der Waals surface area (Å²) in [6.45, 7) is 0.640. The van der Waals surface area contributed by atoms with Gasteiger partial charge in [-0.1, -0.05) is 18.2 Å². The number of hydrogen-bond acceptors (Lipinski definition) is 3. The molecule has 4 heteroatoms. The molecule has 1 atom stereocenters. The van der Waals surface area contributed by atoms with Crippen LogP contribution in [-0.2, 0) is 0 Å². The first-order valence-electron chi connectivity index (χ1n) is 6.46. The SMILES string of the molecule is N#Cc1cc(NC2CCOc3ccccc32)ccc1F. The van der Waals surface area contributed by atoms with E-state index in [1.807, 2.05) is 30.3 Å². The maximum atomic E-state index is 13.3. The van der Waals surface area contributed by atoms with Crippen molar-refractivity contribution >= 4 is 5.69 Å². The average molecular weight is 268 g/mol. The maximum absolute atomic E-state index is 13.3. The van der Waals surface area contributed by atoms with Gasteiger partial charge in [-0.05, 0) is 24.3 Å². The molecule has 0 aromatic heterocycles. The molecule has 1 unspecified atom stereocenters. The third kappa shape index (κ3) is 2.30. The van der Waals surface area contributed by atoms with Crippen molar-refractivity contribution in [2.24, 2.45) is 0 Å². The molecule has 1 aliphatic heterocycles. The van der Waals surface area contributed by atoms with Crippen molar-refractivity contribution in [1.29, 1.82) is 5.26 Å². The van der Waals surface area contributed by atoms with E-state index in [2.05, 4.69) is 5.32 Å². The van der Waals surface area contributed by atoms with Gasteiger partial charge in [-0.2, -0.15) is 5.26 Å². The minimum absolute atomic E-state index is 0.0512.